The van der Waals surface area contributed by atoms with Crippen LogP contribution in [0.15, 0.2) is 12.2 Å². The summed E-state index contributed by atoms with van der Waals surface area (Å²) in [5, 5.41) is 19.8. The quantitative estimate of drug-likeness (QED) is 0.618. The van der Waals surface area contributed by atoms with Crippen LogP contribution in [-0.2, 0) is 0 Å². The minimum absolute atomic E-state index is 0.147. The van der Waals surface area contributed by atoms with Gasteiger partial charge < -0.3 is 5.11 Å². The Kier molecular flexibility index (Phi) is 2.39. The van der Waals surface area contributed by atoms with Gasteiger partial charge in [0.1, 0.15) is 0 Å². The van der Waals surface area contributed by atoms with Crippen molar-refractivity contribution in [3.05, 3.63) is 12.2 Å². The number of nitriles is 1. The number of fused-ring (bicyclic) bond motifs is 1. The molecule has 0 aromatic rings. The first-order chi connectivity index (χ1) is 7.00. The van der Waals surface area contributed by atoms with Gasteiger partial charge in [-0.05, 0) is 45.4 Å². The van der Waals surface area contributed by atoms with E-state index in [0.717, 1.165) is 38.5 Å². The normalized spacial score (nSPS) is 45.7. The Balaban J connectivity index is 2.35. The molecule has 82 valence electrons. The first kappa shape index (κ1) is 10.7. The van der Waals surface area contributed by atoms with Gasteiger partial charge in [0.25, 0.3) is 0 Å². The molecule has 15 heavy (non-hydrogen) atoms. The van der Waals surface area contributed by atoms with Crippen molar-refractivity contribution >= 4 is 0 Å². The summed E-state index contributed by atoms with van der Waals surface area (Å²) in [7, 11) is 0. The number of hydrogen-bond acceptors (Lipinski definition) is 2. The van der Waals surface area contributed by atoms with Gasteiger partial charge in [-0.2, -0.15) is 5.26 Å². The Morgan fingerprint density at radius 2 is 2.27 bits per heavy atom. The number of hydrogen-bond donors (Lipinski definition) is 1. The fraction of sp³-hybridized carbons (Fsp3) is 0.769. The molecule has 0 unspecified atom stereocenters. The topological polar surface area (TPSA) is 44.0 Å². The molecule has 0 saturated heterocycles. The van der Waals surface area contributed by atoms with E-state index in [1.165, 1.54) is 5.57 Å². The highest BCUT2D eigenvalue weighted by atomic mass is 16.3. The van der Waals surface area contributed by atoms with Crippen LogP contribution in [0.25, 0.3) is 0 Å². The summed E-state index contributed by atoms with van der Waals surface area (Å²) >= 11 is 0. The van der Waals surface area contributed by atoms with E-state index in [-0.39, 0.29) is 11.3 Å². The van der Waals surface area contributed by atoms with E-state index in [1.54, 1.807) is 0 Å². The monoisotopic (exact) mass is 205 g/mol. The van der Waals surface area contributed by atoms with Crippen LogP contribution < -0.4 is 0 Å². The van der Waals surface area contributed by atoms with E-state index in [2.05, 4.69) is 12.6 Å². The lowest BCUT2D eigenvalue weighted by Crippen LogP contribution is -2.50. The number of nitrogens with zero attached hydrogens (tertiary/aromatic N) is 1. The lowest BCUT2D eigenvalue weighted by atomic mass is 9.54. The lowest BCUT2D eigenvalue weighted by molar-refractivity contribution is -0.0914. The van der Waals surface area contributed by atoms with Crippen LogP contribution in [-0.4, -0.2) is 10.7 Å². The van der Waals surface area contributed by atoms with Crippen molar-refractivity contribution < 1.29 is 5.11 Å². The van der Waals surface area contributed by atoms with Gasteiger partial charge in [0.15, 0.2) is 0 Å². The molecule has 0 aromatic heterocycles. The minimum Gasteiger partial charge on any atom is -0.390 e. The maximum absolute atomic E-state index is 10.4. The zero-order valence-corrected chi connectivity index (χ0v) is 9.42. The largest absolute Gasteiger partial charge is 0.390 e. The van der Waals surface area contributed by atoms with E-state index in [1.807, 2.05) is 6.92 Å². The Morgan fingerprint density at radius 1 is 1.53 bits per heavy atom. The van der Waals surface area contributed by atoms with Gasteiger partial charge in [-0.15, -0.1) is 0 Å². The van der Waals surface area contributed by atoms with Crippen LogP contribution in [0.4, 0.5) is 0 Å². The molecule has 1 N–H and O–H groups in total. The third kappa shape index (κ3) is 1.59. The van der Waals surface area contributed by atoms with Gasteiger partial charge in [0, 0.05) is 5.92 Å². The molecule has 2 saturated carbocycles. The van der Waals surface area contributed by atoms with Crippen molar-refractivity contribution in [2.45, 2.75) is 51.0 Å². The molecule has 2 aliphatic rings. The Bertz CT molecular complexity index is 326. The van der Waals surface area contributed by atoms with Gasteiger partial charge in [-0.3, -0.25) is 0 Å². The van der Waals surface area contributed by atoms with Gasteiger partial charge in [-0.1, -0.05) is 12.2 Å². The molecule has 0 radical (unpaired) electrons. The second-order valence-electron chi connectivity index (χ2n) is 5.50. The van der Waals surface area contributed by atoms with Gasteiger partial charge in [0.2, 0.25) is 0 Å². The molecule has 0 spiro atoms. The Hall–Kier alpha value is -0.810. The van der Waals surface area contributed by atoms with Gasteiger partial charge in [0.05, 0.1) is 17.1 Å². The Morgan fingerprint density at radius 3 is 2.93 bits per heavy atom. The molecule has 3 atom stereocenters. The summed E-state index contributed by atoms with van der Waals surface area (Å²) < 4.78 is 0. The minimum atomic E-state index is -0.644. The Labute approximate surface area is 91.6 Å². The fourth-order valence-corrected chi connectivity index (χ4v) is 3.56. The zero-order chi connectivity index (χ0) is 11.1. The van der Waals surface area contributed by atoms with Crippen LogP contribution in [0.5, 0.6) is 0 Å². The van der Waals surface area contributed by atoms with Crippen LogP contribution in [0, 0.1) is 22.7 Å². The van der Waals surface area contributed by atoms with E-state index in [9.17, 15) is 10.4 Å². The van der Waals surface area contributed by atoms with E-state index < -0.39 is 5.60 Å². The molecule has 0 heterocycles. The van der Waals surface area contributed by atoms with Crippen molar-refractivity contribution in [2.75, 3.05) is 0 Å². The van der Waals surface area contributed by atoms with E-state index in [0.29, 0.717) is 0 Å². The predicted molar refractivity (Wildman–Crippen MR) is 59.0 cm³/mol. The summed E-state index contributed by atoms with van der Waals surface area (Å²) in [4.78, 5) is 0. The third-order valence-corrected chi connectivity index (χ3v) is 4.30. The first-order valence-corrected chi connectivity index (χ1v) is 5.80. The second-order valence-corrected chi connectivity index (χ2v) is 5.50. The molecule has 0 aliphatic heterocycles. The van der Waals surface area contributed by atoms with E-state index >= 15 is 0 Å². The maximum atomic E-state index is 10.4. The van der Waals surface area contributed by atoms with Crippen molar-refractivity contribution in [2.24, 2.45) is 11.3 Å². The lowest BCUT2D eigenvalue weighted by Gasteiger charge is -2.50. The highest BCUT2D eigenvalue weighted by molar-refractivity contribution is 5.19. The summed E-state index contributed by atoms with van der Waals surface area (Å²) in [6.07, 6.45) is 5.44. The van der Waals surface area contributed by atoms with Crippen LogP contribution in [0.2, 0.25) is 0 Å². The molecule has 0 bridgehead atoms. The van der Waals surface area contributed by atoms with Crippen LogP contribution >= 0.6 is 0 Å². The molecular formula is C13H19NO. The van der Waals surface area contributed by atoms with E-state index in [4.69, 9.17) is 0 Å². The molecule has 2 aliphatic carbocycles. The molecule has 0 aromatic carbocycles. The van der Waals surface area contributed by atoms with Gasteiger partial charge in [-0.25, -0.2) is 0 Å². The van der Waals surface area contributed by atoms with Gasteiger partial charge >= 0.3 is 0 Å². The van der Waals surface area contributed by atoms with Crippen LogP contribution in [0.3, 0.4) is 0 Å². The highest BCUT2D eigenvalue weighted by Gasteiger charge is 2.52. The summed E-state index contributed by atoms with van der Waals surface area (Å²) in [5.74, 6) is 0.147. The SMILES string of the molecule is C=C1CC[C@@H]2[C@@](C#N)(CCC[C@]2(C)O)C1. The predicted octanol–water partition coefficient (Wildman–Crippen LogP) is 2.79. The fourth-order valence-electron chi connectivity index (χ4n) is 3.56. The van der Waals surface area contributed by atoms with Crippen molar-refractivity contribution in [1.29, 1.82) is 5.26 Å². The summed E-state index contributed by atoms with van der Waals surface area (Å²) in [5.41, 5.74) is 0.219. The second kappa shape index (κ2) is 3.35. The molecule has 2 rings (SSSR count). The summed E-state index contributed by atoms with van der Waals surface area (Å²) in [6.45, 7) is 5.91. The summed E-state index contributed by atoms with van der Waals surface area (Å²) in [6, 6.07) is 2.48. The number of allylic oxidation sites excluding steroid dienone is 1. The molecule has 0 amide bonds. The highest BCUT2D eigenvalue weighted by Crippen LogP contribution is 2.54. The average molecular weight is 205 g/mol. The first-order valence-electron chi connectivity index (χ1n) is 5.80. The maximum Gasteiger partial charge on any atom is 0.0697 e. The third-order valence-electron chi connectivity index (χ3n) is 4.30. The average Bonchev–Trinajstić information content (AvgIpc) is 2.16. The van der Waals surface area contributed by atoms with Crippen molar-refractivity contribution in [3.63, 3.8) is 0 Å². The smallest absolute Gasteiger partial charge is 0.0697 e. The van der Waals surface area contributed by atoms with Crippen LogP contribution in [0.1, 0.15) is 45.4 Å². The zero-order valence-electron chi connectivity index (χ0n) is 9.42. The molecular weight excluding hydrogens is 186 g/mol. The molecule has 2 heteroatoms. The number of aliphatic hydroxyl groups is 1. The molecule has 2 fully saturated rings. The molecule has 2 nitrogen and oxygen atoms in total. The standard InChI is InChI=1S/C13H19NO/c1-10-4-5-11-12(2,15)6-3-7-13(11,8-10)9-14/h11,15H,1,3-8H2,2H3/t11-,12-,13-/m0/s1. The number of rotatable bonds is 0. The van der Waals surface area contributed by atoms with Crippen molar-refractivity contribution in [1.82, 2.24) is 0 Å². The van der Waals surface area contributed by atoms with Crippen molar-refractivity contribution in [3.8, 4) is 6.07 Å².